The average molecular weight is 239 g/mol. The smallest absolute Gasteiger partial charge is 0.306 e. The monoisotopic (exact) mass is 239 g/mol. The fourth-order valence-electron chi connectivity index (χ4n) is 1.37. The predicted molar refractivity (Wildman–Crippen MR) is 62.3 cm³/mol. The predicted octanol–water partition coefficient (Wildman–Crippen LogP) is 1.59. The van der Waals surface area contributed by atoms with E-state index in [4.69, 9.17) is 14.2 Å². The Balaban J connectivity index is 2.66. The van der Waals surface area contributed by atoms with Crippen molar-refractivity contribution in [2.45, 2.75) is 19.8 Å². The Morgan fingerprint density at radius 3 is 2.29 bits per heavy atom. The second-order valence-electron chi connectivity index (χ2n) is 3.37. The van der Waals surface area contributed by atoms with Crippen molar-refractivity contribution >= 4 is 5.97 Å². The molecule has 5 nitrogen and oxygen atoms in total. The summed E-state index contributed by atoms with van der Waals surface area (Å²) in [5.41, 5.74) is 0.932. The molecule has 1 aromatic heterocycles. The lowest BCUT2D eigenvalue weighted by atomic mass is 10.1. The maximum absolute atomic E-state index is 11.2. The van der Waals surface area contributed by atoms with E-state index in [0.717, 1.165) is 5.56 Å². The molecule has 1 rings (SSSR count). The maximum Gasteiger partial charge on any atom is 0.306 e. The summed E-state index contributed by atoms with van der Waals surface area (Å²) in [6.45, 7) is 2.19. The number of pyridine rings is 1. The number of carbonyl (C=O) groups is 1. The van der Waals surface area contributed by atoms with E-state index in [-0.39, 0.29) is 5.97 Å². The Bertz CT molecular complexity index is 357. The van der Waals surface area contributed by atoms with Crippen molar-refractivity contribution < 1.29 is 19.0 Å². The molecule has 0 amide bonds. The molecule has 5 heteroatoms. The summed E-state index contributed by atoms with van der Waals surface area (Å²) in [6, 6.07) is 3.56. The van der Waals surface area contributed by atoms with Crippen LogP contribution in [-0.4, -0.2) is 31.8 Å². The van der Waals surface area contributed by atoms with Crippen molar-refractivity contribution in [3.8, 4) is 11.8 Å². The maximum atomic E-state index is 11.2. The Labute approximate surface area is 101 Å². The zero-order chi connectivity index (χ0) is 12.7. The van der Waals surface area contributed by atoms with Gasteiger partial charge in [-0.25, -0.2) is 0 Å². The van der Waals surface area contributed by atoms with Crippen molar-refractivity contribution in [2.24, 2.45) is 0 Å². The van der Waals surface area contributed by atoms with Crippen LogP contribution in [0.2, 0.25) is 0 Å². The highest BCUT2D eigenvalue weighted by molar-refractivity contribution is 5.69. The van der Waals surface area contributed by atoms with Crippen molar-refractivity contribution in [3.05, 3.63) is 17.7 Å². The van der Waals surface area contributed by atoms with Gasteiger partial charge in [0, 0.05) is 18.6 Å². The molecule has 0 radical (unpaired) electrons. The molecule has 0 aliphatic rings. The van der Waals surface area contributed by atoms with E-state index < -0.39 is 0 Å². The van der Waals surface area contributed by atoms with Crippen LogP contribution in [0.15, 0.2) is 12.1 Å². The van der Waals surface area contributed by atoms with E-state index in [1.165, 1.54) is 14.2 Å². The summed E-state index contributed by atoms with van der Waals surface area (Å²) >= 11 is 0. The quantitative estimate of drug-likeness (QED) is 0.706. The van der Waals surface area contributed by atoms with Crippen LogP contribution in [0, 0.1) is 0 Å². The molecule has 0 aliphatic carbocycles. The van der Waals surface area contributed by atoms with Gasteiger partial charge < -0.3 is 14.2 Å². The lowest BCUT2D eigenvalue weighted by Crippen LogP contribution is -2.05. The topological polar surface area (TPSA) is 57.7 Å². The highest BCUT2D eigenvalue weighted by Crippen LogP contribution is 2.18. The zero-order valence-corrected chi connectivity index (χ0v) is 10.4. The van der Waals surface area contributed by atoms with Gasteiger partial charge in [-0.3, -0.25) is 4.79 Å². The van der Waals surface area contributed by atoms with Crippen LogP contribution in [0.5, 0.6) is 11.8 Å². The minimum Gasteiger partial charge on any atom is -0.481 e. The number of methoxy groups -OCH3 is 2. The van der Waals surface area contributed by atoms with Gasteiger partial charge in [-0.05, 0) is 18.9 Å². The summed E-state index contributed by atoms with van der Waals surface area (Å²) in [5.74, 6) is 0.744. The van der Waals surface area contributed by atoms with Gasteiger partial charge in [-0.1, -0.05) is 0 Å². The van der Waals surface area contributed by atoms with Crippen LogP contribution in [0.4, 0.5) is 0 Å². The molecule has 0 unspecified atom stereocenters. The Hall–Kier alpha value is -1.78. The van der Waals surface area contributed by atoms with Crippen molar-refractivity contribution in [1.82, 2.24) is 4.98 Å². The number of aryl methyl sites for hydroxylation is 1. The average Bonchev–Trinajstić information content (AvgIpc) is 2.36. The van der Waals surface area contributed by atoms with Crippen molar-refractivity contribution in [2.75, 3.05) is 20.8 Å². The van der Waals surface area contributed by atoms with Gasteiger partial charge in [0.1, 0.15) is 0 Å². The lowest BCUT2D eigenvalue weighted by molar-refractivity contribution is -0.143. The van der Waals surface area contributed by atoms with Crippen molar-refractivity contribution in [3.63, 3.8) is 0 Å². The molecule has 1 aromatic rings. The van der Waals surface area contributed by atoms with Crippen LogP contribution in [0.3, 0.4) is 0 Å². The van der Waals surface area contributed by atoms with Gasteiger partial charge >= 0.3 is 5.97 Å². The molecule has 0 spiro atoms. The third-order valence-corrected chi connectivity index (χ3v) is 2.18. The molecule has 17 heavy (non-hydrogen) atoms. The summed E-state index contributed by atoms with van der Waals surface area (Å²) in [5, 5.41) is 0. The molecule has 94 valence electrons. The number of nitrogens with zero attached hydrogens (tertiary/aromatic N) is 1. The number of ether oxygens (including phenoxy) is 3. The van der Waals surface area contributed by atoms with E-state index in [2.05, 4.69) is 4.98 Å². The second-order valence-corrected chi connectivity index (χ2v) is 3.37. The molecule has 0 aliphatic heterocycles. The van der Waals surface area contributed by atoms with Gasteiger partial charge in [0.15, 0.2) is 0 Å². The standard InChI is InChI=1S/C12H17NO4/c1-4-17-12(14)6-5-9-7-10(15-2)13-11(8-9)16-3/h7-8H,4-6H2,1-3H3. The third kappa shape index (κ3) is 4.30. The minimum atomic E-state index is -0.206. The minimum absolute atomic E-state index is 0.206. The number of hydrogen-bond donors (Lipinski definition) is 0. The number of esters is 1. The van der Waals surface area contributed by atoms with Crippen LogP contribution in [-0.2, 0) is 16.0 Å². The fraction of sp³-hybridized carbons (Fsp3) is 0.500. The van der Waals surface area contributed by atoms with Gasteiger partial charge in [0.25, 0.3) is 0 Å². The molecule has 0 N–H and O–H groups in total. The molecule has 0 saturated heterocycles. The van der Waals surface area contributed by atoms with Gasteiger partial charge in [0.05, 0.1) is 20.8 Å². The Kier molecular flexibility index (Phi) is 5.26. The second kappa shape index (κ2) is 6.73. The molecule has 0 bridgehead atoms. The molecule has 0 fully saturated rings. The molecule has 1 heterocycles. The van der Waals surface area contributed by atoms with Crippen LogP contribution in [0.25, 0.3) is 0 Å². The summed E-state index contributed by atoms with van der Waals surface area (Å²) in [7, 11) is 3.08. The molecular weight excluding hydrogens is 222 g/mol. The molecular formula is C12H17NO4. The summed E-state index contributed by atoms with van der Waals surface area (Å²) in [4.78, 5) is 15.3. The number of hydrogen-bond acceptors (Lipinski definition) is 5. The van der Waals surface area contributed by atoms with Crippen LogP contribution < -0.4 is 9.47 Å². The van der Waals surface area contributed by atoms with E-state index in [1.807, 2.05) is 0 Å². The summed E-state index contributed by atoms with van der Waals surface area (Å²) in [6.07, 6.45) is 0.915. The lowest BCUT2D eigenvalue weighted by Gasteiger charge is -2.07. The largest absolute Gasteiger partial charge is 0.481 e. The van der Waals surface area contributed by atoms with Crippen LogP contribution in [0.1, 0.15) is 18.9 Å². The van der Waals surface area contributed by atoms with Gasteiger partial charge in [-0.2, -0.15) is 4.98 Å². The Morgan fingerprint density at radius 2 is 1.82 bits per heavy atom. The Morgan fingerprint density at radius 1 is 1.24 bits per heavy atom. The normalized spacial score (nSPS) is 9.82. The highest BCUT2D eigenvalue weighted by Gasteiger charge is 2.06. The molecule has 0 aromatic carbocycles. The zero-order valence-electron chi connectivity index (χ0n) is 10.4. The van der Waals surface area contributed by atoms with E-state index in [1.54, 1.807) is 19.1 Å². The van der Waals surface area contributed by atoms with E-state index in [0.29, 0.717) is 31.2 Å². The van der Waals surface area contributed by atoms with Gasteiger partial charge in [0.2, 0.25) is 11.8 Å². The first-order valence-electron chi connectivity index (χ1n) is 5.44. The first-order valence-corrected chi connectivity index (χ1v) is 5.44. The van der Waals surface area contributed by atoms with E-state index >= 15 is 0 Å². The van der Waals surface area contributed by atoms with E-state index in [9.17, 15) is 4.79 Å². The van der Waals surface area contributed by atoms with Crippen molar-refractivity contribution in [1.29, 1.82) is 0 Å². The molecule has 0 atom stereocenters. The third-order valence-electron chi connectivity index (χ3n) is 2.18. The summed E-state index contributed by atoms with van der Waals surface area (Å²) < 4.78 is 14.9. The fourth-order valence-corrected chi connectivity index (χ4v) is 1.37. The first-order chi connectivity index (χ1) is 8.19. The number of carbonyl (C=O) groups excluding carboxylic acids is 1. The highest BCUT2D eigenvalue weighted by atomic mass is 16.5. The SMILES string of the molecule is CCOC(=O)CCc1cc(OC)nc(OC)c1. The van der Waals surface area contributed by atoms with Crippen LogP contribution >= 0.6 is 0 Å². The number of rotatable bonds is 6. The first kappa shape index (κ1) is 13.3. The van der Waals surface area contributed by atoms with Gasteiger partial charge in [-0.15, -0.1) is 0 Å². The number of aromatic nitrogens is 1. The molecule has 0 saturated carbocycles.